The lowest BCUT2D eigenvalue weighted by molar-refractivity contribution is 0.0747. The van der Waals surface area contributed by atoms with Gasteiger partial charge in [-0.1, -0.05) is 49.4 Å². The minimum Gasteiger partial charge on any atom is -0.340 e. The molecular weight excluding hydrogens is 486 g/mol. The largest absolute Gasteiger partial charge is 0.340 e. The molecule has 4 aromatic rings. The van der Waals surface area contributed by atoms with Crippen LogP contribution in [-0.4, -0.2) is 53.6 Å². The van der Waals surface area contributed by atoms with Crippen molar-refractivity contribution in [1.29, 1.82) is 0 Å². The molecule has 0 atom stereocenters. The second-order valence-electron chi connectivity index (χ2n) is 9.62. The Morgan fingerprint density at radius 1 is 0.846 bits per heavy atom. The van der Waals surface area contributed by atoms with Crippen LogP contribution in [0.2, 0.25) is 0 Å². The summed E-state index contributed by atoms with van der Waals surface area (Å²) < 4.78 is 0. The van der Waals surface area contributed by atoms with Crippen molar-refractivity contribution in [3.8, 4) is 0 Å². The summed E-state index contributed by atoms with van der Waals surface area (Å²) in [5.74, 6) is 1.64. The number of nitrogens with zero attached hydrogens (tertiary/aromatic N) is 6. The smallest absolute Gasteiger partial charge is 0.256 e. The monoisotopic (exact) mass is 517 g/mol. The van der Waals surface area contributed by atoms with Crippen molar-refractivity contribution in [2.75, 3.05) is 48.0 Å². The van der Waals surface area contributed by atoms with Gasteiger partial charge in [-0.25, -0.2) is 9.97 Å². The van der Waals surface area contributed by atoms with Gasteiger partial charge in [-0.05, 0) is 48.4 Å². The Bertz CT molecular complexity index is 1580. The molecule has 3 heterocycles. The van der Waals surface area contributed by atoms with Crippen LogP contribution in [0.15, 0.2) is 96.2 Å². The van der Waals surface area contributed by atoms with Crippen LogP contribution in [0.5, 0.6) is 0 Å². The molecule has 1 amide bonds. The number of carbonyl (C=O) groups is 1. The third kappa shape index (κ3) is 5.05. The molecule has 1 fully saturated rings. The zero-order chi connectivity index (χ0) is 26.6. The number of carbonyl (C=O) groups excluding carboxylic acids is 1. The molecule has 1 N–H and O–H groups in total. The van der Waals surface area contributed by atoms with Crippen LogP contribution in [0.1, 0.15) is 22.8 Å². The summed E-state index contributed by atoms with van der Waals surface area (Å²) in [5.41, 5.74) is 3.58. The van der Waals surface area contributed by atoms with E-state index in [0.717, 1.165) is 45.7 Å². The number of benzene rings is 3. The average Bonchev–Trinajstić information content (AvgIpc) is 3.02. The summed E-state index contributed by atoms with van der Waals surface area (Å²) in [4.78, 5) is 33.8. The van der Waals surface area contributed by atoms with Gasteiger partial charge in [-0.2, -0.15) is 0 Å². The maximum absolute atomic E-state index is 13.8. The minimum atomic E-state index is 0.0145. The number of rotatable bonds is 6. The molecule has 0 bridgehead atoms. The Morgan fingerprint density at radius 3 is 2.31 bits per heavy atom. The highest BCUT2D eigenvalue weighted by atomic mass is 16.2. The van der Waals surface area contributed by atoms with Gasteiger partial charge in [0.1, 0.15) is 12.5 Å². The first-order valence-corrected chi connectivity index (χ1v) is 13.4. The van der Waals surface area contributed by atoms with Crippen LogP contribution in [0.4, 0.5) is 17.3 Å². The van der Waals surface area contributed by atoms with Crippen molar-refractivity contribution in [2.24, 2.45) is 4.99 Å². The minimum absolute atomic E-state index is 0.0145. The number of hydrogen-bond donors (Lipinski definition) is 1. The molecule has 0 aliphatic carbocycles. The highest BCUT2D eigenvalue weighted by molar-refractivity contribution is 6.01. The number of aromatic nitrogens is 2. The maximum Gasteiger partial charge on any atom is 0.256 e. The fourth-order valence-electron chi connectivity index (χ4n) is 5.01. The zero-order valence-electron chi connectivity index (χ0n) is 22.0. The van der Waals surface area contributed by atoms with Crippen molar-refractivity contribution in [3.05, 3.63) is 113 Å². The first kappa shape index (κ1) is 24.6. The molecule has 6 rings (SSSR count). The summed E-state index contributed by atoms with van der Waals surface area (Å²) >= 11 is 0. The quantitative estimate of drug-likeness (QED) is 0.423. The summed E-state index contributed by atoms with van der Waals surface area (Å²) in [5, 5.41) is 5.55. The molecule has 1 aromatic heterocycles. The number of amides is 1. The highest BCUT2D eigenvalue weighted by Gasteiger charge is 2.26. The summed E-state index contributed by atoms with van der Waals surface area (Å²) in [7, 11) is 0. The van der Waals surface area contributed by atoms with Crippen molar-refractivity contribution in [1.82, 2.24) is 14.9 Å². The van der Waals surface area contributed by atoms with E-state index >= 15 is 0 Å². The maximum atomic E-state index is 13.8. The van der Waals surface area contributed by atoms with E-state index in [4.69, 9.17) is 4.99 Å². The number of nitrogens with one attached hydrogen (secondary N) is 1. The van der Waals surface area contributed by atoms with Crippen LogP contribution in [0, 0.1) is 0 Å². The number of hydrogen-bond acceptors (Lipinski definition) is 7. The number of anilines is 3. The lowest BCUT2D eigenvalue weighted by Gasteiger charge is -2.35. The van der Waals surface area contributed by atoms with Crippen LogP contribution in [0.25, 0.3) is 5.82 Å². The predicted molar refractivity (Wildman–Crippen MR) is 154 cm³/mol. The van der Waals surface area contributed by atoms with Crippen LogP contribution in [0.3, 0.4) is 0 Å². The molecule has 0 spiro atoms. The second-order valence-corrected chi connectivity index (χ2v) is 9.62. The zero-order valence-corrected chi connectivity index (χ0v) is 22.0. The first-order chi connectivity index (χ1) is 19.2. The van der Waals surface area contributed by atoms with Crippen molar-refractivity contribution >= 4 is 29.1 Å². The fourth-order valence-corrected chi connectivity index (χ4v) is 5.01. The molecule has 8 nitrogen and oxygen atoms in total. The molecule has 196 valence electrons. The SMILES string of the molecule is CCc1cnc(N2CCN(C(=O)c3ccccc3NC3=c4ccccc4=NCN3c3ccccc3)CC2)nc1. The Morgan fingerprint density at radius 2 is 1.54 bits per heavy atom. The van der Waals surface area contributed by atoms with Crippen LogP contribution < -0.4 is 25.7 Å². The number of aryl methyl sites for hydroxylation is 1. The Balaban J connectivity index is 1.26. The predicted octanol–water partition coefficient (Wildman–Crippen LogP) is 3.28. The van der Waals surface area contributed by atoms with Crippen molar-refractivity contribution in [3.63, 3.8) is 0 Å². The number of para-hydroxylation sites is 3. The summed E-state index contributed by atoms with van der Waals surface area (Å²) in [6, 6.07) is 26.0. The molecule has 1 saturated heterocycles. The Labute approximate surface area is 228 Å². The second kappa shape index (κ2) is 10.9. The molecule has 0 radical (unpaired) electrons. The van der Waals surface area contributed by atoms with Gasteiger partial charge in [-0.15, -0.1) is 0 Å². The van der Waals surface area contributed by atoms with Gasteiger partial charge in [0, 0.05) is 49.5 Å². The molecule has 0 unspecified atom stereocenters. The van der Waals surface area contributed by atoms with Crippen LogP contribution >= 0.6 is 0 Å². The molecule has 8 heteroatoms. The standard InChI is InChI=1S/C31H31N7O/c1-2-23-20-32-31(33-21-23)37-18-16-36(17-19-37)30(39)26-13-7-9-15-28(26)35-29-25-12-6-8-14-27(25)34-22-38(29)24-10-4-3-5-11-24/h3-15,20-21,35H,2,16-19,22H2,1H3. The van der Waals surface area contributed by atoms with Gasteiger partial charge in [0.05, 0.1) is 16.6 Å². The lowest BCUT2D eigenvalue weighted by atomic mass is 10.1. The summed E-state index contributed by atoms with van der Waals surface area (Å²) in [6.07, 6.45) is 4.68. The van der Waals surface area contributed by atoms with E-state index in [1.54, 1.807) is 0 Å². The number of fused-ring (bicyclic) bond motifs is 1. The van der Waals surface area contributed by atoms with Gasteiger partial charge < -0.3 is 20.0 Å². The van der Waals surface area contributed by atoms with Gasteiger partial charge in [0.15, 0.2) is 0 Å². The van der Waals surface area contributed by atoms with Crippen molar-refractivity contribution in [2.45, 2.75) is 13.3 Å². The van der Waals surface area contributed by atoms with E-state index in [2.05, 4.69) is 50.2 Å². The van der Waals surface area contributed by atoms with E-state index in [1.807, 2.05) is 78.0 Å². The Hall–Kier alpha value is -4.72. The van der Waals surface area contributed by atoms with E-state index in [1.165, 1.54) is 0 Å². The fraction of sp³-hybridized carbons (Fsp3) is 0.226. The van der Waals surface area contributed by atoms with Crippen LogP contribution in [-0.2, 0) is 6.42 Å². The van der Waals surface area contributed by atoms with E-state index in [9.17, 15) is 4.79 Å². The van der Waals surface area contributed by atoms with E-state index in [-0.39, 0.29) is 5.91 Å². The topological polar surface area (TPSA) is 77.0 Å². The first-order valence-electron chi connectivity index (χ1n) is 13.4. The lowest BCUT2D eigenvalue weighted by Crippen LogP contribution is -2.49. The molecular formula is C31H31N7O. The molecule has 2 aliphatic rings. The third-order valence-electron chi connectivity index (χ3n) is 7.24. The van der Waals surface area contributed by atoms with Gasteiger partial charge >= 0.3 is 0 Å². The third-order valence-corrected chi connectivity index (χ3v) is 7.24. The molecule has 2 aliphatic heterocycles. The Kier molecular flexibility index (Phi) is 6.91. The highest BCUT2D eigenvalue weighted by Crippen LogP contribution is 2.25. The van der Waals surface area contributed by atoms with E-state index < -0.39 is 0 Å². The van der Waals surface area contributed by atoms with Gasteiger partial charge in [0.25, 0.3) is 5.91 Å². The van der Waals surface area contributed by atoms with Crippen molar-refractivity contribution < 1.29 is 4.79 Å². The molecule has 3 aromatic carbocycles. The molecule has 0 saturated carbocycles. The normalized spacial score (nSPS) is 15.0. The average molecular weight is 518 g/mol. The summed E-state index contributed by atoms with van der Waals surface area (Å²) in [6.45, 7) is 5.20. The molecule has 39 heavy (non-hydrogen) atoms. The van der Waals surface area contributed by atoms with Gasteiger partial charge in [-0.3, -0.25) is 9.79 Å². The van der Waals surface area contributed by atoms with Gasteiger partial charge in [0.2, 0.25) is 5.95 Å². The van der Waals surface area contributed by atoms with E-state index in [0.29, 0.717) is 38.4 Å². The number of piperazine rings is 1.